The molecule has 5 aromatic carbocycles. The Morgan fingerprint density at radius 1 is 0.545 bits per heavy atom. The highest BCUT2D eigenvalue weighted by Gasteiger charge is 2.19. The molecule has 0 N–H and O–H groups in total. The average molecular weight is 704 g/mol. The van der Waals surface area contributed by atoms with Crippen molar-refractivity contribution in [3.63, 3.8) is 0 Å². The first-order valence-electron chi connectivity index (χ1n) is 19.3. The minimum absolute atomic E-state index is 0.184. The van der Waals surface area contributed by atoms with Crippen molar-refractivity contribution in [1.29, 1.82) is 0 Å². The van der Waals surface area contributed by atoms with E-state index in [-0.39, 0.29) is 5.92 Å². The molecule has 0 saturated heterocycles. The number of hydrogen-bond donors (Lipinski definition) is 0. The van der Waals surface area contributed by atoms with Crippen molar-refractivity contribution in [2.24, 2.45) is 0 Å². The van der Waals surface area contributed by atoms with E-state index < -0.39 is 0 Å². The Morgan fingerprint density at radius 2 is 1.27 bits per heavy atom. The molecular weight excluding hydrogens is 663 g/mol. The van der Waals surface area contributed by atoms with E-state index in [0.717, 1.165) is 52.9 Å². The normalized spacial score (nSPS) is 17.3. The van der Waals surface area contributed by atoms with Gasteiger partial charge < -0.3 is 0 Å². The minimum Gasteiger partial charge on any atom is -0.252 e. The molecule has 1 unspecified atom stereocenters. The molecule has 0 amide bonds. The number of pyridine rings is 1. The van der Waals surface area contributed by atoms with Crippen molar-refractivity contribution in [3.8, 4) is 56.5 Å². The lowest BCUT2D eigenvalue weighted by Crippen LogP contribution is -2.04. The second-order valence-corrected chi connectivity index (χ2v) is 14.5. The number of aromatic nitrogens is 1. The molecule has 3 aliphatic rings. The molecule has 9 rings (SSSR count). The van der Waals surface area contributed by atoms with Gasteiger partial charge in [0.15, 0.2) is 0 Å². The first-order valence-corrected chi connectivity index (χ1v) is 19.3. The fourth-order valence-corrected chi connectivity index (χ4v) is 7.73. The predicted molar refractivity (Wildman–Crippen MR) is 233 cm³/mol. The van der Waals surface area contributed by atoms with Gasteiger partial charge >= 0.3 is 0 Å². The van der Waals surface area contributed by atoms with Gasteiger partial charge in [-0.3, -0.25) is 4.98 Å². The molecule has 1 atom stereocenters. The quantitative estimate of drug-likeness (QED) is 0.151. The summed E-state index contributed by atoms with van der Waals surface area (Å²) in [5, 5.41) is 0. The Labute approximate surface area is 325 Å². The molecule has 0 aliphatic heterocycles. The summed E-state index contributed by atoms with van der Waals surface area (Å²) in [7, 11) is 0. The highest BCUT2D eigenvalue weighted by molar-refractivity contribution is 5.87. The summed E-state index contributed by atoms with van der Waals surface area (Å²) < 4.78 is 0. The summed E-state index contributed by atoms with van der Waals surface area (Å²) in [5.74, 6) is 6.65. The van der Waals surface area contributed by atoms with Gasteiger partial charge in [-0.1, -0.05) is 164 Å². The maximum atomic E-state index is 5.42. The van der Waals surface area contributed by atoms with Gasteiger partial charge in [0, 0.05) is 22.7 Å². The first kappa shape index (κ1) is 34.0. The first-order chi connectivity index (χ1) is 27.1. The lowest BCUT2D eigenvalue weighted by molar-refractivity contribution is 0.820. The molecule has 0 fully saturated rings. The van der Waals surface area contributed by atoms with Crippen LogP contribution in [0.1, 0.15) is 60.1 Å². The molecule has 55 heavy (non-hydrogen) atoms. The van der Waals surface area contributed by atoms with E-state index in [1.165, 1.54) is 55.7 Å². The molecule has 6 aromatic rings. The van der Waals surface area contributed by atoms with Gasteiger partial charge in [0.25, 0.3) is 0 Å². The molecule has 1 heterocycles. The third-order valence-electron chi connectivity index (χ3n) is 10.8. The number of allylic oxidation sites excluding steroid dienone is 11. The Hall–Kier alpha value is -6.75. The molecule has 3 aliphatic carbocycles. The van der Waals surface area contributed by atoms with Crippen molar-refractivity contribution < 1.29 is 0 Å². The molecule has 1 aromatic heterocycles. The van der Waals surface area contributed by atoms with Crippen LogP contribution in [0.2, 0.25) is 0 Å². The largest absolute Gasteiger partial charge is 0.252 e. The second-order valence-electron chi connectivity index (χ2n) is 14.5. The standard InChI is InChI=1S/C54H41N/c1-38-12-10-17-40-30-33-49(35-48(40)23-22-38)43-26-24-42(25-27-43)46-18-11-19-47(34-46)50-36-53(45-31-28-41(29-32-45)39-13-4-2-5-14-39)55-54(37-50)52-21-9-8-20-51(52)44-15-6-3-7-16-44/h2,4-6,8-9,11-16,18-31,33-37,45H,3,7,32H2,1H3/b23-22-,38-12+,38-22?,48-23?. The highest BCUT2D eigenvalue weighted by atomic mass is 14.7. The SMILES string of the molecule is CC1=C\C#Cc2ccc(-c3ccc(-c4cccc(-c5cc(-c6ccccc6C6=CCCC=C6)nc(C6C=CC(c7ccccc7)=CC6)c5)c4)cc3)cc2/C=C\1. The van der Waals surface area contributed by atoms with Crippen LogP contribution in [-0.2, 0) is 0 Å². The van der Waals surface area contributed by atoms with Gasteiger partial charge in [-0.2, -0.15) is 0 Å². The van der Waals surface area contributed by atoms with Crippen molar-refractivity contribution >= 4 is 17.2 Å². The zero-order chi connectivity index (χ0) is 37.0. The summed E-state index contributed by atoms with van der Waals surface area (Å²) >= 11 is 0. The van der Waals surface area contributed by atoms with Crippen molar-refractivity contribution in [2.45, 2.75) is 32.1 Å². The lowest BCUT2D eigenvalue weighted by Gasteiger charge is -2.20. The average Bonchev–Trinajstić information content (AvgIpc) is 3.26. The number of benzene rings is 5. The topological polar surface area (TPSA) is 12.9 Å². The number of rotatable bonds is 7. The summed E-state index contributed by atoms with van der Waals surface area (Å²) in [5.41, 5.74) is 18.8. The van der Waals surface area contributed by atoms with Crippen LogP contribution >= 0.6 is 0 Å². The van der Waals surface area contributed by atoms with Gasteiger partial charge in [0.1, 0.15) is 0 Å². The highest BCUT2D eigenvalue weighted by Crippen LogP contribution is 2.38. The second kappa shape index (κ2) is 15.3. The predicted octanol–water partition coefficient (Wildman–Crippen LogP) is 13.9. The summed E-state index contributed by atoms with van der Waals surface area (Å²) in [4.78, 5) is 5.42. The Kier molecular flexibility index (Phi) is 9.48. The maximum absolute atomic E-state index is 5.42. The number of hydrogen-bond acceptors (Lipinski definition) is 1. The summed E-state index contributed by atoms with van der Waals surface area (Å²) in [6.45, 7) is 2.08. The van der Waals surface area contributed by atoms with Gasteiger partial charge in [-0.05, 0) is 129 Å². The third kappa shape index (κ3) is 7.41. The molecule has 0 radical (unpaired) electrons. The smallest absolute Gasteiger partial charge is 0.0717 e. The molecule has 262 valence electrons. The van der Waals surface area contributed by atoms with Crippen molar-refractivity contribution in [2.75, 3.05) is 0 Å². The van der Waals surface area contributed by atoms with E-state index in [2.05, 4.69) is 201 Å². The fourth-order valence-electron chi connectivity index (χ4n) is 7.73. The number of fused-ring (bicyclic) bond motifs is 1. The molecule has 1 heteroatoms. The van der Waals surface area contributed by atoms with Crippen LogP contribution in [0.15, 0.2) is 188 Å². The van der Waals surface area contributed by atoms with E-state index in [9.17, 15) is 0 Å². The molecule has 0 bridgehead atoms. The van der Waals surface area contributed by atoms with Gasteiger partial charge in [0.05, 0.1) is 5.69 Å². The van der Waals surface area contributed by atoms with Crippen LogP contribution in [0.25, 0.3) is 61.9 Å². The van der Waals surface area contributed by atoms with Crippen LogP contribution in [0.3, 0.4) is 0 Å². The van der Waals surface area contributed by atoms with Crippen molar-refractivity contribution in [3.05, 3.63) is 216 Å². The van der Waals surface area contributed by atoms with Crippen LogP contribution in [-0.4, -0.2) is 4.98 Å². The van der Waals surface area contributed by atoms with Crippen LogP contribution in [0, 0.1) is 11.8 Å². The van der Waals surface area contributed by atoms with Crippen LogP contribution in [0.4, 0.5) is 0 Å². The Morgan fingerprint density at radius 3 is 2.04 bits per heavy atom. The summed E-state index contributed by atoms with van der Waals surface area (Å²) in [6, 6.07) is 48.4. The molecule has 0 saturated carbocycles. The van der Waals surface area contributed by atoms with Gasteiger partial charge in [-0.25, -0.2) is 0 Å². The van der Waals surface area contributed by atoms with Crippen LogP contribution < -0.4 is 0 Å². The molecule has 0 spiro atoms. The van der Waals surface area contributed by atoms with Gasteiger partial charge in [-0.15, -0.1) is 0 Å². The molecule has 1 nitrogen and oxygen atoms in total. The summed E-state index contributed by atoms with van der Waals surface area (Å²) in [6.07, 6.45) is 23.2. The van der Waals surface area contributed by atoms with E-state index in [1.54, 1.807) is 0 Å². The number of nitrogens with zero attached hydrogens (tertiary/aromatic N) is 1. The van der Waals surface area contributed by atoms with Crippen molar-refractivity contribution in [1.82, 2.24) is 4.98 Å². The van der Waals surface area contributed by atoms with E-state index in [0.29, 0.717) is 0 Å². The fraction of sp³-hybridized carbons (Fsp3) is 0.0926. The van der Waals surface area contributed by atoms with E-state index in [4.69, 9.17) is 4.98 Å². The lowest BCUT2D eigenvalue weighted by atomic mass is 9.88. The zero-order valence-corrected chi connectivity index (χ0v) is 31.0. The van der Waals surface area contributed by atoms with Gasteiger partial charge in [0.2, 0.25) is 0 Å². The maximum Gasteiger partial charge on any atom is 0.0717 e. The zero-order valence-electron chi connectivity index (χ0n) is 31.0. The van der Waals surface area contributed by atoms with Crippen LogP contribution in [0.5, 0.6) is 0 Å². The Balaban J connectivity index is 1.07. The third-order valence-corrected chi connectivity index (χ3v) is 10.8. The molecular formula is C54H41N. The monoisotopic (exact) mass is 703 g/mol. The Bertz CT molecular complexity index is 2660. The minimum atomic E-state index is 0.184. The van der Waals surface area contributed by atoms with E-state index in [1.807, 2.05) is 6.08 Å². The van der Waals surface area contributed by atoms with E-state index >= 15 is 0 Å².